The van der Waals surface area contributed by atoms with Gasteiger partial charge >= 0.3 is 0 Å². The maximum absolute atomic E-state index is 14.7. The predicted molar refractivity (Wildman–Crippen MR) is 123 cm³/mol. The number of unbranched alkanes of at least 4 members (excludes halogenated alkanes) is 3. The van der Waals surface area contributed by atoms with Gasteiger partial charge in [0.2, 0.25) is 11.6 Å². The summed E-state index contributed by atoms with van der Waals surface area (Å²) in [4.78, 5) is 0. The molecule has 0 heterocycles. The highest BCUT2D eigenvalue weighted by Crippen LogP contribution is 2.36. The minimum absolute atomic E-state index is 0.0983. The molecule has 0 saturated heterocycles. The second-order valence-corrected chi connectivity index (χ2v) is 8.10. The summed E-state index contributed by atoms with van der Waals surface area (Å²) in [5.74, 6) is -4.15. The summed E-state index contributed by atoms with van der Waals surface area (Å²) in [6.07, 6.45) is 8.39. The summed E-state index contributed by atoms with van der Waals surface area (Å²) in [5.41, 5.74) is 1.48. The van der Waals surface area contributed by atoms with E-state index in [1.54, 1.807) is 12.2 Å². The first kappa shape index (κ1) is 24.9. The minimum atomic E-state index is -1.01. The van der Waals surface area contributed by atoms with Gasteiger partial charge in [0.1, 0.15) is 0 Å². The van der Waals surface area contributed by atoms with Gasteiger partial charge in [0.05, 0.1) is 13.2 Å². The molecule has 0 amide bonds. The highest BCUT2D eigenvalue weighted by Gasteiger charge is 2.21. The zero-order valence-electron chi connectivity index (χ0n) is 19.2. The van der Waals surface area contributed by atoms with Gasteiger partial charge in [-0.2, -0.15) is 8.78 Å². The first-order valence-electron chi connectivity index (χ1n) is 11.6. The number of rotatable bonds is 11. The summed E-state index contributed by atoms with van der Waals surface area (Å²) in [5, 5.41) is 0. The van der Waals surface area contributed by atoms with Crippen LogP contribution < -0.4 is 9.47 Å². The lowest BCUT2D eigenvalue weighted by molar-refractivity contribution is 0.286. The normalized spacial score (nSPS) is 13.5. The number of allylic oxidation sites excluding steroid dienone is 4. The fourth-order valence-electron chi connectivity index (χ4n) is 3.72. The number of ether oxygens (including phenoxy) is 2. The number of halogens is 4. The van der Waals surface area contributed by atoms with Crippen LogP contribution in [0.5, 0.6) is 11.5 Å². The molecule has 1 aliphatic rings. The zero-order valence-corrected chi connectivity index (χ0v) is 19.2. The molecule has 2 nitrogen and oxygen atoms in total. The van der Waals surface area contributed by atoms with Gasteiger partial charge in [0, 0.05) is 11.1 Å². The molecular formula is C27H30F4O2. The molecule has 3 rings (SSSR count). The second kappa shape index (κ2) is 11.9. The van der Waals surface area contributed by atoms with Gasteiger partial charge in [-0.15, -0.1) is 0 Å². The first-order chi connectivity index (χ1) is 16.0. The maximum Gasteiger partial charge on any atom is 0.201 e. The number of hydrogen-bond donors (Lipinski definition) is 0. The summed E-state index contributed by atoms with van der Waals surface area (Å²) in [7, 11) is 0. The third-order valence-electron chi connectivity index (χ3n) is 5.68. The van der Waals surface area contributed by atoms with Gasteiger partial charge in [-0.25, -0.2) is 8.78 Å². The lowest BCUT2D eigenvalue weighted by Crippen LogP contribution is -2.04. The highest BCUT2D eigenvalue weighted by atomic mass is 19.2. The molecular weight excluding hydrogens is 432 g/mol. The van der Waals surface area contributed by atoms with Crippen LogP contribution in [-0.2, 0) is 0 Å². The Morgan fingerprint density at radius 1 is 0.606 bits per heavy atom. The second-order valence-electron chi connectivity index (χ2n) is 8.10. The Morgan fingerprint density at radius 3 is 1.48 bits per heavy atom. The molecule has 33 heavy (non-hydrogen) atoms. The topological polar surface area (TPSA) is 18.5 Å². The minimum Gasteiger partial charge on any atom is -0.490 e. The molecule has 0 fully saturated rings. The molecule has 0 bridgehead atoms. The Morgan fingerprint density at radius 2 is 1.06 bits per heavy atom. The summed E-state index contributed by atoms with van der Waals surface area (Å²) in [6.45, 7) is 4.70. The van der Waals surface area contributed by atoms with E-state index in [2.05, 4.69) is 6.92 Å². The molecule has 178 valence electrons. The fourth-order valence-corrected chi connectivity index (χ4v) is 3.72. The van der Waals surface area contributed by atoms with Gasteiger partial charge in [0.15, 0.2) is 23.1 Å². The Balaban J connectivity index is 1.70. The Hall–Kier alpha value is -2.76. The van der Waals surface area contributed by atoms with E-state index in [-0.39, 0.29) is 35.5 Å². The molecule has 0 atom stereocenters. The third-order valence-corrected chi connectivity index (χ3v) is 5.68. The third kappa shape index (κ3) is 5.98. The van der Waals surface area contributed by atoms with Crippen molar-refractivity contribution in [3.63, 3.8) is 0 Å². The average molecular weight is 463 g/mol. The standard InChI is InChI=1S/C27H30F4O2/c1-3-5-7-17-33-23-15-13-21(25(29)27(23)31)19-10-8-18(9-11-19)20-12-14-22(26(30)24(20)28)32-16-6-4-2/h8,11-15H,3-7,9-10,16-17H2,1-2H3. The van der Waals surface area contributed by atoms with Crippen molar-refractivity contribution in [2.75, 3.05) is 13.2 Å². The largest absolute Gasteiger partial charge is 0.490 e. The molecule has 2 aromatic rings. The molecule has 0 spiro atoms. The van der Waals surface area contributed by atoms with E-state index in [1.807, 2.05) is 6.92 Å². The smallest absolute Gasteiger partial charge is 0.201 e. The van der Waals surface area contributed by atoms with Crippen molar-refractivity contribution in [1.82, 2.24) is 0 Å². The number of hydrogen-bond acceptors (Lipinski definition) is 2. The van der Waals surface area contributed by atoms with Gasteiger partial charge in [-0.3, -0.25) is 0 Å². The Bertz CT molecular complexity index is 1030. The van der Waals surface area contributed by atoms with Crippen LogP contribution in [0.3, 0.4) is 0 Å². The summed E-state index contributed by atoms with van der Waals surface area (Å²) in [6, 6.07) is 5.86. The van der Waals surface area contributed by atoms with E-state index in [0.29, 0.717) is 24.4 Å². The van der Waals surface area contributed by atoms with Crippen molar-refractivity contribution in [2.24, 2.45) is 0 Å². The lowest BCUT2D eigenvalue weighted by atomic mass is 9.90. The SMILES string of the molecule is CCCCCOc1ccc(C2=CCC(c3ccc(OCCCC)c(F)c3F)=CC2)c(F)c1F. The fraction of sp³-hybridized carbons (Fsp3) is 0.407. The molecule has 0 aliphatic heterocycles. The quantitative estimate of drug-likeness (QED) is 0.247. The van der Waals surface area contributed by atoms with Crippen LogP contribution in [0.4, 0.5) is 17.6 Å². The van der Waals surface area contributed by atoms with Gasteiger partial charge in [-0.05, 0) is 61.1 Å². The molecule has 0 N–H and O–H groups in total. The van der Waals surface area contributed by atoms with E-state index in [1.165, 1.54) is 24.3 Å². The van der Waals surface area contributed by atoms with E-state index in [0.717, 1.165) is 32.1 Å². The van der Waals surface area contributed by atoms with Gasteiger partial charge < -0.3 is 9.47 Å². The van der Waals surface area contributed by atoms with Gasteiger partial charge in [-0.1, -0.05) is 45.3 Å². The van der Waals surface area contributed by atoms with Crippen LogP contribution in [0, 0.1) is 23.3 Å². The molecule has 6 heteroatoms. The summed E-state index contributed by atoms with van der Waals surface area (Å²) >= 11 is 0. The molecule has 1 aliphatic carbocycles. The molecule has 0 saturated carbocycles. The highest BCUT2D eigenvalue weighted by molar-refractivity contribution is 5.78. The van der Waals surface area contributed by atoms with Crippen molar-refractivity contribution in [2.45, 2.75) is 58.8 Å². The van der Waals surface area contributed by atoms with Gasteiger partial charge in [0.25, 0.3) is 0 Å². The average Bonchev–Trinajstić information content (AvgIpc) is 2.82. The lowest BCUT2D eigenvalue weighted by Gasteiger charge is -2.17. The molecule has 2 aromatic carbocycles. The van der Waals surface area contributed by atoms with Crippen LogP contribution in [0.2, 0.25) is 0 Å². The van der Waals surface area contributed by atoms with Crippen LogP contribution in [0.1, 0.15) is 69.9 Å². The predicted octanol–water partition coefficient (Wildman–Crippen LogP) is 8.25. The molecule has 0 unspecified atom stereocenters. The van der Waals surface area contributed by atoms with Crippen molar-refractivity contribution >= 4 is 11.1 Å². The van der Waals surface area contributed by atoms with Crippen LogP contribution in [0.25, 0.3) is 11.1 Å². The van der Waals surface area contributed by atoms with E-state index in [4.69, 9.17) is 9.47 Å². The van der Waals surface area contributed by atoms with Crippen LogP contribution in [-0.4, -0.2) is 13.2 Å². The van der Waals surface area contributed by atoms with E-state index >= 15 is 0 Å². The van der Waals surface area contributed by atoms with Crippen molar-refractivity contribution in [3.05, 3.63) is 70.8 Å². The number of benzene rings is 2. The molecule has 0 radical (unpaired) electrons. The summed E-state index contributed by atoms with van der Waals surface area (Å²) < 4.78 is 68.9. The zero-order chi connectivity index (χ0) is 23.8. The van der Waals surface area contributed by atoms with E-state index in [9.17, 15) is 17.6 Å². The monoisotopic (exact) mass is 462 g/mol. The van der Waals surface area contributed by atoms with Crippen molar-refractivity contribution in [3.8, 4) is 11.5 Å². The van der Waals surface area contributed by atoms with Crippen LogP contribution >= 0.6 is 0 Å². The Labute approximate surface area is 192 Å². The first-order valence-corrected chi connectivity index (χ1v) is 11.6. The van der Waals surface area contributed by atoms with Crippen molar-refractivity contribution in [1.29, 1.82) is 0 Å². The molecule has 0 aromatic heterocycles. The van der Waals surface area contributed by atoms with Crippen molar-refractivity contribution < 1.29 is 27.0 Å². The van der Waals surface area contributed by atoms with E-state index < -0.39 is 23.3 Å². The van der Waals surface area contributed by atoms with Crippen LogP contribution in [0.15, 0.2) is 36.4 Å². The Kier molecular flexibility index (Phi) is 8.98. The maximum atomic E-state index is 14.7.